The Kier molecular flexibility index (Phi) is 3.85. The van der Waals surface area contributed by atoms with Gasteiger partial charge in [-0.05, 0) is 24.1 Å². The van der Waals surface area contributed by atoms with E-state index in [0.717, 1.165) is 18.5 Å². The van der Waals surface area contributed by atoms with Crippen molar-refractivity contribution in [3.63, 3.8) is 0 Å². The van der Waals surface area contributed by atoms with Crippen LogP contribution in [0.4, 0.5) is 0 Å². The highest BCUT2D eigenvalue weighted by Gasteiger charge is 2.15. The van der Waals surface area contributed by atoms with Crippen LogP contribution in [0.25, 0.3) is 0 Å². The van der Waals surface area contributed by atoms with Gasteiger partial charge in [0, 0.05) is 25.5 Å². The molecule has 1 aromatic heterocycles. The summed E-state index contributed by atoms with van der Waals surface area (Å²) in [6, 6.07) is 3.44. The second kappa shape index (κ2) is 5.56. The Hall–Kier alpha value is -1.72. The average Bonchev–Trinajstić information content (AvgIpc) is 2.40. The number of rotatable bonds is 3. The lowest BCUT2D eigenvalue weighted by Gasteiger charge is -2.26. The number of amides is 1. The number of carbonyl (C=O) groups excluding carboxylic acids is 1. The van der Waals surface area contributed by atoms with E-state index in [0.29, 0.717) is 12.1 Å². The van der Waals surface area contributed by atoms with E-state index < -0.39 is 0 Å². The van der Waals surface area contributed by atoms with E-state index in [1.165, 1.54) is 6.20 Å². The van der Waals surface area contributed by atoms with Gasteiger partial charge in [0.25, 0.3) is 5.91 Å². The number of aliphatic hydroxyl groups is 1. The van der Waals surface area contributed by atoms with Gasteiger partial charge < -0.3 is 5.11 Å². The van der Waals surface area contributed by atoms with E-state index in [9.17, 15) is 4.79 Å². The summed E-state index contributed by atoms with van der Waals surface area (Å²) in [5, 5.41) is 10.8. The summed E-state index contributed by atoms with van der Waals surface area (Å²) < 4.78 is 0. The van der Waals surface area contributed by atoms with Gasteiger partial charge in [-0.2, -0.15) is 0 Å². The van der Waals surface area contributed by atoms with Crippen LogP contribution in [0.5, 0.6) is 0 Å². The van der Waals surface area contributed by atoms with Gasteiger partial charge in [-0.1, -0.05) is 6.08 Å². The van der Waals surface area contributed by atoms with Crippen LogP contribution in [0, 0.1) is 0 Å². The number of aliphatic hydroxyl groups excluding tert-OH is 1. The molecular formula is C12H15N3O2. The monoisotopic (exact) mass is 233 g/mol. The second-order valence-electron chi connectivity index (χ2n) is 3.91. The van der Waals surface area contributed by atoms with Gasteiger partial charge in [-0.15, -0.1) is 0 Å². The highest BCUT2D eigenvalue weighted by Crippen LogP contribution is 2.07. The quantitative estimate of drug-likeness (QED) is 0.739. The molecule has 2 rings (SSSR count). The summed E-state index contributed by atoms with van der Waals surface area (Å²) in [6.45, 7) is 1.37. The number of aromatic nitrogens is 1. The van der Waals surface area contributed by atoms with Crippen LogP contribution in [-0.4, -0.2) is 40.7 Å². The maximum Gasteiger partial charge on any atom is 0.267 e. The molecule has 90 valence electrons. The van der Waals surface area contributed by atoms with Crippen LogP contribution < -0.4 is 5.43 Å². The first kappa shape index (κ1) is 11.8. The van der Waals surface area contributed by atoms with E-state index in [1.807, 2.05) is 6.08 Å². The fraction of sp³-hybridized carbons (Fsp3) is 0.333. The van der Waals surface area contributed by atoms with Crippen molar-refractivity contribution in [3.8, 4) is 0 Å². The molecule has 0 fully saturated rings. The molecule has 0 unspecified atom stereocenters. The normalized spacial score (nSPS) is 16.4. The summed E-state index contributed by atoms with van der Waals surface area (Å²) >= 11 is 0. The molecule has 1 aliphatic heterocycles. The van der Waals surface area contributed by atoms with Crippen molar-refractivity contribution in [1.29, 1.82) is 0 Å². The fourth-order valence-electron chi connectivity index (χ4n) is 1.73. The SMILES string of the molecule is O=C(NN1CCC=C(CO)C1)c1cccnc1. The third-order valence-electron chi connectivity index (χ3n) is 2.61. The molecule has 1 aliphatic rings. The van der Waals surface area contributed by atoms with E-state index in [-0.39, 0.29) is 12.5 Å². The van der Waals surface area contributed by atoms with Gasteiger partial charge in [-0.3, -0.25) is 15.2 Å². The molecule has 5 nitrogen and oxygen atoms in total. The van der Waals surface area contributed by atoms with Gasteiger partial charge >= 0.3 is 0 Å². The molecule has 2 heterocycles. The van der Waals surface area contributed by atoms with Crippen LogP contribution in [0.15, 0.2) is 36.2 Å². The largest absolute Gasteiger partial charge is 0.392 e. The molecule has 0 saturated heterocycles. The molecule has 1 amide bonds. The Morgan fingerprint density at radius 2 is 2.47 bits per heavy atom. The van der Waals surface area contributed by atoms with Crippen LogP contribution in [0.1, 0.15) is 16.8 Å². The van der Waals surface area contributed by atoms with E-state index >= 15 is 0 Å². The lowest BCUT2D eigenvalue weighted by atomic mass is 10.1. The van der Waals surface area contributed by atoms with Crippen LogP contribution in [0.3, 0.4) is 0 Å². The summed E-state index contributed by atoms with van der Waals surface area (Å²) in [5.74, 6) is -0.169. The third kappa shape index (κ3) is 3.12. The molecule has 1 aromatic rings. The minimum Gasteiger partial charge on any atom is -0.392 e. The van der Waals surface area contributed by atoms with Crippen molar-refractivity contribution in [3.05, 3.63) is 41.7 Å². The van der Waals surface area contributed by atoms with Crippen molar-refractivity contribution in [2.24, 2.45) is 0 Å². The molecule has 0 saturated carbocycles. The number of hydrogen-bond acceptors (Lipinski definition) is 4. The van der Waals surface area contributed by atoms with Gasteiger partial charge in [0.05, 0.1) is 12.2 Å². The van der Waals surface area contributed by atoms with E-state index in [2.05, 4.69) is 10.4 Å². The number of hydrazine groups is 1. The Balaban J connectivity index is 1.94. The summed E-state index contributed by atoms with van der Waals surface area (Å²) in [4.78, 5) is 15.7. The fourth-order valence-corrected chi connectivity index (χ4v) is 1.73. The predicted molar refractivity (Wildman–Crippen MR) is 63.1 cm³/mol. The second-order valence-corrected chi connectivity index (χ2v) is 3.91. The Labute approximate surface area is 99.7 Å². The summed E-state index contributed by atoms with van der Waals surface area (Å²) in [7, 11) is 0. The van der Waals surface area contributed by atoms with Crippen LogP contribution in [-0.2, 0) is 0 Å². The van der Waals surface area contributed by atoms with Crippen molar-refractivity contribution in [2.75, 3.05) is 19.7 Å². The standard InChI is InChI=1S/C12H15N3O2/c16-9-10-3-2-6-15(8-10)14-12(17)11-4-1-5-13-7-11/h1,3-5,7,16H,2,6,8-9H2,(H,14,17). The van der Waals surface area contributed by atoms with Gasteiger partial charge in [0.15, 0.2) is 0 Å². The predicted octanol–water partition coefficient (Wildman–Crippen LogP) is 0.351. The lowest BCUT2D eigenvalue weighted by molar-refractivity contribution is 0.0792. The third-order valence-corrected chi connectivity index (χ3v) is 2.61. The number of nitrogens with one attached hydrogen (secondary N) is 1. The van der Waals surface area contributed by atoms with Crippen LogP contribution >= 0.6 is 0 Å². The summed E-state index contributed by atoms with van der Waals surface area (Å²) in [5.41, 5.74) is 4.27. The van der Waals surface area contributed by atoms with Crippen molar-refractivity contribution in [1.82, 2.24) is 15.4 Å². The molecule has 0 atom stereocenters. The highest BCUT2D eigenvalue weighted by atomic mass is 16.3. The Morgan fingerprint density at radius 3 is 3.18 bits per heavy atom. The number of carbonyl (C=O) groups is 1. The maximum atomic E-state index is 11.8. The molecule has 0 spiro atoms. The minimum absolute atomic E-state index is 0.0409. The number of pyridine rings is 1. The van der Waals surface area contributed by atoms with Gasteiger partial charge in [0.2, 0.25) is 0 Å². The molecule has 0 radical (unpaired) electrons. The zero-order chi connectivity index (χ0) is 12.1. The first-order valence-electron chi connectivity index (χ1n) is 5.54. The molecule has 2 N–H and O–H groups in total. The van der Waals surface area contributed by atoms with Gasteiger partial charge in [-0.25, -0.2) is 5.01 Å². The Bertz CT molecular complexity index is 417. The van der Waals surface area contributed by atoms with Gasteiger partial charge in [0.1, 0.15) is 0 Å². The summed E-state index contributed by atoms with van der Waals surface area (Å²) in [6.07, 6.45) is 6.00. The molecule has 17 heavy (non-hydrogen) atoms. The van der Waals surface area contributed by atoms with Crippen molar-refractivity contribution < 1.29 is 9.90 Å². The molecule has 5 heteroatoms. The first-order chi connectivity index (χ1) is 8.29. The zero-order valence-electron chi connectivity index (χ0n) is 9.47. The number of hydrogen-bond donors (Lipinski definition) is 2. The van der Waals surface area contributed by atoms with E-state index in [4.69, 9.17) is 5.11 Å². The molecule has 0 aromatic carbocycles. The molecular weight excluding hydrogens is 218 g/mol. The minimum atomic E-state index is -0.169. The Morgan fingerprint density at radius 1 is 1.59 bits per heavy atom. The van der Waals surface area contributed by atoms with Crippen molar-refractivity contribution in [2.45, 2.75) is 6.42 Å². The topological polar surface area (TPSA) is 65.5 Å². The maximum absolute atomic E-state index is 11.8. The molecule has 0 aliphatic carbocycles. The van der Waals surface area contributed by atoms with Crippen LogP contribution in [0.2, 0.25) is 0 Å². The first-order valence-corrected chi connectivity index (χ1v) is 5.54. The highest BCUT2D eigenvalue weighted by molar-refractivity contribution is 5.93. The van der Waals surface area contributed by atoms with E-state index in [1.54, 1.807) is 23.3 Å². The van der Waals surface area contributed by atoms with Crippen molar-refractivity contribution >= 4 is 5.91 Å². The number of nitrogens with zero attached hydrogens (tertiary/aromatic N) is 2. The molecule has 0 bridgehead atoms. The smallest absolute Gasteiger partial charge is 0.267 e. The average molecular weight is 233 g/mol. The zero-order valence-corrected chi connectivity index (χ0v) is 9.47. The lowest BCUT2D eigenvalue weighted by Crippen LogP contribution is -2.45.